The SMILES string of the molecule is CCOCCn1c(=NC(C)=O)sc2cc(OC)c(OC)cc21. The molecule has 0 aliphatic heterocycles. The van der Waals surface area contributed by atoms with Crippen LogP contribution in [-0.4, -0.2) is 37.9 Å². The standard InChI is InChI=1S/C15H20N2O4S/c1-5-21-7-6-17-11-8-12(19-3)13(20-4)9-14(11)22-15(17)16-10(2)18/h8-9H,5-7H2,1-4H3. The van der Waals surface area contributed by atoms with Crippen molar-refractivity contribution in [3.8, 4) is 11.5 Å². The lowest BCUT2D eigenvalue weighted by atomic mass is 10.3. The maximum atomic E-state index is 11.4. The molecule has 0 atom stereocenters. The fourth-order valence-electron chi connectivity index (χ4n) is 2.13. The van der Waals surface area contributed by atoms with Gasteiger partial charge in [-0.2, -0.15) is 4.99 Å². The minimum Gasteiger partial charge on any atom is -0.493 e. The van der Waals surface area contributed by atoms with Crippen molar-refractivity contribution in [3.05, 3.63) is 16.9 Å². The van der Waals surface area contributed by atoms with E-state index in [0.29, 0.717) is 36.1 Å². The summed E-state index contributed by atoms with van der Waals surface area (Å²) >= 11 is 1.44. The number of nitrogens with zero attached hydrogens (tertiary/aromatic N) is 2. The van der Waals surface area contributed by atoms with Crippen LogP contribution in [0.4, 0.5) is 0 Å². The van der Waals surface area contributed by atoms with Crippen LogP contribution in [0.25, 0.3) is 10.2 Å². The maximum absolute atomic E-state index is 11.4. The van der Waals surface area contributed by atoms with Gasteiger partial charge in [0.2, 0.25) is 5.91 Å². The number of aromatic nitrogens is 1. The molecule has 2 rings (SSSR count). The summed E-state index contributed by atoms with van der Waals surface area (Å²) in [6, 6.07) is 3.80. The highest BCUT2D eigenvalue weighted by Crippen LogP contribution is 2.33. The number of carbonyl (C=O) groups excluding carboxylic acids is 1. The third-order valence-electron chi connectivity index (χ3n) is 3.10. The number of benzene rings is 1. The van der Waals surface area contributed by atoms with Gasteiger partial charge in [-0.1, -0.05) is 11.3 Å². The van der Waals surface area contributed by atoms with Gasteiger partial charge in [0, 0.05) is 32.2 Å². The molecule has 22 heavy (non-hydrogen) atoms. The molecule has 0 aliphatic carbocycles. The molecule has 0 spiro atoms. The van der Waals surface area contributed by atoms with Crippen molar-refractivity contribution in [2.75, 3.05) is 27.4 Å². The number of ether oxygens (including phenoxy) is 3. The van der Waals surface area contributed by atoms with Crippen LogP contribution >= 0.6 is 11.3 Å². The molecule has 0 saturated heterocycles. The first kappa shape index (κ1) is 16.5. The second-order valence-electron chi connectivity index (χ2n) is 4.54. The largest absolute Gasteiger partial charge is 0.493 e. The van der Waals surface area contributed by atoms with Gasteiger partial charge in [-0.3, -0.25) is 4.79 Å². The number of hydrogen-bond acceptors (Lipinski definition) is 5. The van der Waals surface area contributed by atoms with E-state index in [1.54, 1.807) is 14.2 Å². The highest BCUT2D eigenvalue weighted by atomic mass is 32.1. The molecule has 0 bridgehead atoms. The van der Waals surface area contributed by atoms with Crippen LogP contribution in [0.15, 0.2) is 17.1 Å². The average molecular weight is 324 g/mol. The van der Waals surface area contributed by atoms with E-state index in [-0.39, 0.29) is 5.91 Å². The van der Waals surface area contributed by atoms with Crippen molar-refractivity contribution < 1.29 is 19.0 Å². The summed E-state index contributed by atoms with van der Waals surface area (Å²) in [6.07, 6.45) is 0. The first-order valence-electron chi connectivity index (χ1n) is 6.99. The third-order valence-corrected chi connectivity index (χ3v) is 4.15. The highest BCUT2D eigenvalue weighted by molar-refractivity contribution is 7.16. The summed E-state index contributed by atoms with van der Waals surface area (Å²) in [7, 11) is 3.20. The van der Waals surface area contributed by atoms with Gasteiger partial charge in [0.1, 0.15) is 0 Å². The van der Waals surface area contributed by atoms with Gasteiger partial charge in [0.15, 0.2) is 16.3 Å². The van der Waals surface area contributed by atoms with Gasteiger partial charge in [0.05, 0.1) is 31.0 Å². The van der Waals surface area contributed by atoms with Crippen molar-refractivity contribution in [2.45, 2.75) is 20.4 Å². The second-order valence-corrected chi connectivity index (χ2v) is 5.55. The minimum absolute atomic E-state index is 0.226. The average Bonchev–Trinajstić information content (AvgIpc) is 2.82. The Kier molecular flexibility index (Phi) is 5.57. The first-order valence-corrected chi connectivity index (χ1v) is 7.80. The lowest BCUT2D eigenvalue weighted by molar-refractivity contribution is -0.116. The minimum atomic E-state index is -0.226. The molecular weight excluding hydrogens is 304 g/mol. The zero-order valence-electron chi connectivity index (χ0n) is 13.2. The number of fused-ring (bicyclic) bond motifs is 1. The molecule has 1 aromatic heterocycles. The Balaban J connectivity index is 2.62. The molecule has 0 unspecified atom stereocenters. The van der Waals surface area contributed by atoms with Crippen LogP contribution in [0.3, 0.4) is 0 Å². The molecule has 0 N–H and O–H groups in total. The van der Waals surface area contributed by atoms with Crippen LogP contribution in [-0.2, 0) is 16.1 Å². The lowest BCUT2D eigenvalue weighted by Gasteiger charge is -2.09. The van der Waals surface area contributed by atoms with Crippen molar-refractivity contribution in [1.29, 1.82) is 0 Å². The van der Waals surface area contributed by atoms with Crippen LogP contribution in [0.2, 0.25) is 0 Å². The van der Waals surface area contributed by atoms with E-state index in [2.05, 4.69) is 4.99 Å². The predicted molar refractivity (Wildman–Crippen MR) is 85.7 cm³/mol. The molecule has 0 saturated carbocycles. The summed E-state index contributed by atoms with van der Waals surface area (Å²) in [5, 5.41) is 0. The van der Waals surface area contributed by atoms with Crippen molar-refractivity contribution in [3.63, 3.8) is 0 Å². The van der Waals surface area contributed by atoms with Crippen molar-refractivity contribution in [2.24, 2.45) is 4.99 Å². The van der Waals surface area contributed by atoms with Gasteiger partial charge < -0.3 is 18.8 Å². The molecule has 1 aromatic carbocycles. The van der Waals surface area contributed by atoms with Crippen molar-refractivity contribution in [1.82, 2.24) is 4.57 Å². The summed E-state index contributed by atoms with van der Waals surface area (Å²) in [5.41, 5.74) is 0.947. The van der Waals surface area contributed by atoms with E-state index in [0.717, 1.165) is 10.2 Å². The van der Waals surface area contributed by atoms with E-state index in [9.17, 15) is 4.79 Å². The zero-order valence-corrected chi connectivity index (χ0v) is 14.0. The van der Waals surface area contributed by atoms with E-state index >= 15 is 0 Å². The summed E-state index contributed by atoms with van der Waals surface area (Å²) in [5.74, 6) is 1.07. The number of amides is 1. The molecule has 7 heteroatoms. The third kappa shape index (κ3) is 3.48. The van der Waals surface area contributed by atoms with Gasteiger partial charge >= 0.3 is 0 Å². The van der Waals surface area contributed by atoms with Gasteiger partial charge in [-0.25, -0.2) is 0 Å². The van der Waals surface area contributed by atoms with Gasteiger partial charge in [0.25, 0.3) is 0 Å². The molecule has 0 radical (unpaired) electrons. The maximum Gasteiger partial charge on any atom is 0.245 e. The Morgan fingerprint density at radius 1 is 1.27 bits per heavy atom. The van der Waals surface area contributed by atoms with Gasteiger partial charge in [-0.15, -0.1) is 0 Å². The Hall–Kier alpha value is -1.86. The molecule has 1 amide bonds. The van der Waals surface area contributed by atoms with Gasteiger partial charge in [-0.05, 0) is 6.92 Å². The lowest BCUT2D eigenvalue weighted by Crippen LogP contribution is -2.19. The quantitative estimate of drug-likeness (QED) is 0.764. The molecule has 6 nitrogen and oxygen atoms in total. The Morgan fingerprint density at radius 3 is 2.55 bits per heavy atom. The number of methoxy groups -OCH3 is 2. The van der Waals surface area contributed by atoms with E-state index in [4.69, 9.17) is 14.2 Å². The first-order chi connectivity index (χ1) is 10.6. The molecule has 0 aliphatic rings. The normalized spacial score (nSPS) is 11.9. The Morgan fingerprint density at radius 2 is 1.95 bits per heavy atom. The number of thiazole rings is 1. The second kappa shape index (κ2) is 7.42. The number of hydrogen-bond donors (Lipinski definition) is 0. The predicted octanol–water partition coefficient (Wildman–Crippen LogP) is 2.20. The fraction of sp³-hybridized carbons (Fsp3) is 0.467. The molecule has 120 valence electrons. The summed E-state index contributed by atoms with van der Waals surface area (Å²) in [4.78, 5) is 16.1. The Bertz CT molecular complexity index is 733. The smallest absolute Gasteiger partial charge is 0.245 e. The molecule has 0 fully saturated rings. The van der Waals surface area contributed by atoms with Crippen LogP contribution < -0.4 is 14.3 Å². The Labute approximate surface area is 133 Å². The monoisotopic (exact) mass is 324 g/mol. The van der Waals surface area contributed by atoms with E-state index in [1.165, 1.54) is 18.3 Å². The van der Waals surface area contributed by atoms with Crippen LogP contribution in [0.5, 0.6) is 11.5 Å². The zero-order chi connectivity index (χ0) is 16.1. The number of carbonyl (C=O) groups is 1. The van der Waals surface area contributed by atoms with Crippen molar-refractivity contribution >= 4 is 27.5 Å². The molecule has 1 heterocycles. The molecular formula is C15H20N2O4S. The summed E-state index contributed by atoms with van der Waals surface area (Å²) in [6.45, 7) is 5.22. The van der Waals surface area contributed by atoms with Crippen LogP contribution in [0, 0.1) is 0 Å². The topological polar surface area (TPSA) is 62.1 Å². The van der Waals surface area contributed by atoms with E-state index in [1.807, 2.05) is 23.6 Å². The number of rotatable bonds is 6. The summed E-state index contributed by atoms with van der Waals surface area (Å²) < 4.78 is 19.0. The van der Waals surface area contributed by atoms with E-state index < -0.39 is 0 Å². The molecule has 2 aromatic rings. The van der Waals surface area contributed by atoms with Crippen LogP contribution in [0.1, 0.15) is 13.8 Å². The highest BCUT2D eigenvalue weighted by Gasteiger charge is 2.12. The fourth-order valence-corrected chi connectivity index (χ4v) is 3.24.